The maximum atomic E-state index is 11.2. The number of carboxylic acids is 1. The van der Waals surface area contributed by atoms with Gasteiger partial charge in [-0.3, -0.25) is 4.79 Å². The molecular weight excluding hydrogens is 228 g/mol. The average Bonchev–Trinajstić information content (AvgIpc) is 2.60. The van der Waals surface area contributed by atoms with Crippen molar-refractivity contribution < 1.29 is 14.3 Å². The van der Waals surface area contributed by atoms with E-state index in [2.05, 4.69) is 0 Å². The molecule has 0 saturated heterocycles. The van der Waals surface area contributed by atoms with Crippen molar-refractivity contribution in [1.29, 1.82) is 0 Å². The zero-order valence-corrected chi connectivity index (χ0v) is 9.71. The smallest absolute Gasteiger partial charge is 0.313 e. The summed E-state index contributed by atoms with van der Waals surface area (Å²) in [5, 5.41) is 10.5. The molecule has 3 nitrogen and oxygen atoms in total. The molecule has 1 heterocycles. The van der Waals surface area contributed by atoms with Crippen LogP contribution in [0.1, 0.15) is 19.4 Å². The van der Waals surface area contributed by atoms with Gasteiger partial charge in [-0.05, 0) is 32.0 Å². The van der Waals surface area contributed by atoms with Crippen molar-refractivity contribution in [2.24, 2.45) is 0 Å². The van der Waals surface area contributed by atoms with Crippen molar-refractivity contribution in [2.75, 3.05) is 0 Å². The van der Waals surface area contributed by atoms with Crippen LogP contribution in [0.2, 0.25) is 5.02 Å². The van der Waals surface area contributed by atoms with Crippen LogP contribution in [0.3, 0.4) is 0 Å². The molecule has 1 aromatic heterocycles. The van der Waals surface area contributed by atoms with Gasteiger partial charge in [-0.15, -0.1) is 0 Å². The molecule has 0 aliphatic rings. The summed E-state index contributed by atoms with van der Waals surface area (Å²) in [7, 11) is 0. The Kier molecular flexibility index (Phi) is 2.43. The van der Waals surface area contributed by atoms with Crippen molar-refractivity contribution in [3.63, 3.8) is 0 Å². The van der Waals surface area contributed by atoms with Crippen LogP contribution in [0.25, 0.3) is 11.0 Å². The fourth-order valence-electron chi connectivity index (χ4n) is 1.60. The Balaban J connectivity index is 2.67. The van der Waals surface area contributed by atoms with Gasteiger partial charge >= 0.3 is 5.97 Å². The predicted octanol–water partition coefficient (Wildman–Crippen LogP) is 3.45. The molecule has 0 aliphatic heterocycles. The molecule has 0 aliphatic carbocycles. The van der Waals surface area contributed by atoms with Crippen molar-refractivity contribution >= 4 is 28.5 Å². The Morgan fingerprint density at radius 1 is 1.44 bits per heavy atom. The largest absolute Gasteiger partial charge is 0.481 e. The van der Waals surface area contributed by atoms with Crippen molar-refractivity contribution in [2.45, 2.75) is 19.3 Å². The highest BCUT2D eigenvalue weighted by molar-refractivity contribution is 6.31. The minimum Gasteiger partial charge on any atom is -0.481 e. The second kappa shape index (κ2) is 3.52. The minimum atomic E-state index is -0.973. The molecule has 4 heteroatoms. The van der Waals surface area contributed by atoms with Crippen molar-refractivity contribution in [1.82, 2.24) is 0 Å². The van der Waals surface area contributed by atoms with Gasteiger partial charge in [-0.2, -0.15) is 0 Å². The molecule has 0 fully saturated rings. The van der Waals surface area contributed by atoms with E-state index in [9.17, 15) is 4.79 Å². The van der Waals surface area contributed by atoms with Crippen LogP contribution < -0.4 is 0 Å². The normalized spacial score (nSPS) is 11.9. The Hall–Kier alpha value is -1.48. The van der Waals surface area contributed by atoms with E-state index < -0.39 is 11.4 Å². The number of halogens is 1. The number of hydrogen-bond donors (Lipinski definition) is 1. The van der Waals surface area contributed by atoms with Gasteiger partial charge in [0, 0.05) is 16.0 Å². The first kappa shape index (κ1) is 11.0. The summed E-state index contributed by atoms with van der Waals surface area (Å²) >= 11 is 5.83. The highest BCUT2D eigenvalue weighted by Crippen LogP contribution is 2.33. The van der Waals surface area contributed by atoms with E-state index in [0.717, 1.165) is 5.39 Å². The van der Waals surface area contributed by atoms with Gasteiger partial charge in [-0.25, -0.2) is 0 Å². The molecule has 0 atom stereocenters. The van der Waals surface area contributed by atoms with Crippen LogP contribution in [0.5, 0.6) is 0 Å². The van der Waals surface area contributed by atoms with Crippen LogP contribution in [-0.2, 0) is 10.2 Å². The maximum absolute atomic E-state index is 11.2. The lowest BCUT2D eigenvalue weighted by Gasteiger charge is -2.17. The molecule has 0 bridgehead atoms. The summed E-state index contributed by atoms with van der Waals surface area (Å²) in [5.74, 6) is -0.884. The van der Waals surface area contributed by atoms with Gasteiger partial charge in [-0.1, -0.05) is 11.6 Å². The molecule has 84 valence electrons. The first-order valence-electron chi connectivity index (χ1n) is 4.83. The Labute approximate surface area is 97.6 Å². The van der Waals surface area contributed by atoms with Gasteiger partial charge in [0.15, 0.2) is 0 Å². The van der Waals surface area contributed by atoms with E-state index in [0.29, 0.717) is 16.2 Å². The summed E-state index contributed by atoms with van der Waals surface area (Å²) in [6, 6.07) is 5.18. The van der Waals surface area contributed by atoms with E-state index in [1.165, 1.54) is 6.26 Å². The molecule has 0 unspecified atom stereocenters. The predicted molar refractivity (Wildman–Crippen MR) is 61.9 cm³/mol. The second-order valence-electron chi connectivity index (χ2n) is 4.22. The van der Waals surface area contributed by atoms with E-state index in [-0.39, 0.29) is 0 Å². The number of carboxylic acid groups (broad SMARTS) is 1. The zero-order valence-electron chi connectivity index (χ0n) is 8.95. The number of hydrogen-bond acceptors (Lipinski definition) is 2. The fourth-order valence-corrected chi connectivity index (χ4v) is 1.76. The van der Waals surface area contributed by atoms with E-state index >= 15 is 0 Å². The number of furan rings is 1. The first-order valence-corrected chi connectivity index (χ1v) is 5.21. The number of benzene rings is 1. The molecule has 0 amide bonds. The summed E-state index contributed by atoms with van der Waals surface area (Å²) in [5.41, 5.74) is 0.294. The molecule has 16 heavy (non-hydrogen) atoms. The number of fused-ring (bicyclic) bond motifs is 1. The van der Waals surface area contributed by atoms with Crippen LogP contribution in [0.15, 0.2) is 28.9 Å². The number of rotatable bonds is 2. The minimum absolute atomic E-state index is 0.571. The van der Waals surface area contributed by atoms with Gasteiger partial charge in [0.25, 0.3) is 0 Å². The van der Waals surface area contributed by atoms with Crippen LogP contribution in [-0.4, -0.2) is 11.1 Å². The summed E-state index contributed by atoms with van der Waals surface area (Å²) in [6.45, 7) is 3.29. The van der Waals surface area contributed by atoms with Crippen LogP contribution in [0, 0.1) is 0 Å². The quantitative estimate of drug-likeness (QED) is 0.872. The molecule has 2 rings (SSSR count). The van der Waals surface area contributed by atoms with E-state index in [1.807, 2.05) is 0 Å². The number of carbonyl (C=O) groups is 1. The highest BCUT2D eigenvalue weighted by atomic mass is 35.5. The van der Waals surface area contributed by atoms with Gasteiger partial charge in [0.05, 0.1) is 11.7 Å². The molecule has 1 N–H and O–H groups in total. The van der Waals surface area contributed by atoms with Crippen molar-refractivity contribution in [3.8, 4) is 0 Å². The third-order valence-corrected chi connectivity index (χ3v) is 2.98. The maximum Gasteiger partial charge on any atom is 0.313 e. The lowest BCUT2D eigenvalue weighted by Crippen LogP contribution is -2.28. The van der Waals surface area contributed by atoms with Gasteiger partial charge in [0.2, 0.25) is 0 Å². The van der Waals surface area contributed by atoms with E-state index in [1.54, 1.807) is 32.0 Å². The SMILES string of the molecule is CC(C)(C(=O)O)c1coc2cc(Cl)ccc12. The molecular formula is C12H11ClO3. The van der Waals surface area contributed by atoms with Crippen molar-refractivity contribution in [3.05, 3.63) is 35.0 Å². The number of aliphatic carboxylic acids is 1. The topological polar surface area (TPSA) is 50.4 Å². The molecule has 0 saturated carbocycles. The Morgan fingerprint density at radius 2 is 2.12 bits per heavy atom. The van der Waals surface area contributed by atoms with Crippen LogP contribution in [0.4, 0.5) is 0 Å². The summed E-state index contributed by atoms with van der Waals surface area (Å²) < 4.78 is 5.32. The van der Waals surface area contributed by atoms with E-state index in [4.69, 9.17) is 21.1 Å². The third kappa shape index (κ3) is 1.57. The second-order valence-corrected chi connectivity index (χ2v) is 4.66. The zero-order chi connectivity index (χ0) is 11.9. The van der Waals surface area contributed by atoms with Gasteiger partial charge in [0.1, 0.15) is 5.58 Å². The lowest BCUT2D eigenvalue weighted by molar-refractivity contribution is -0.142. The standard InChI is InChI=1S/C12H11ClO3/c1-12(2,11(14)15)9-6-16-10-5-7(13)3-4-8(9)10/h3-6H,1-2H3,(H,14,15). The lowest BCUT2D eigenvalue weighted by atomic mass is 9.85. The fraction of sp³-hybridized carbons (Fsp3) is 0.250. The molecule has 0 spiro atoms. The summed E-state index contributed by atoms with van der Waals surface area (Å²) in [6.07, 6.45) is 1.48. The van der Waals surface area contributed by atoms with Crippen LogP contribution >= 0.6 is 11.6 Å². The average molecular weight is 239 g/mol. The summed E-state index contributed by atoms with van der Waals surface area (Å²) in [4.78, 5) is 11.2. The monoisotopic (exact) mass is 238 g/mol. The highest BCUT2D eigenvalue weighted by Gasteiger charge is 2.32. The first-order chi connectivity index (χ1) is 7.43. The molecule has 2 aromatic rings. The third-order valence-electron chi connectivity index (χ3n) is 2.75. The molecule has 0 radical (unpaired) electrons. The Morgan fingerprint density at radius 3 is 2.75 bits per heavy atom. The van der Waals surface area contributed by atoms with Gasteiger partial charge < -0.3 is 9.52 Å². The Bertz CT molecular complexity index is 554. The molecule has 1 aromatic carbocycles.